The van der Waals surface area contributed by atoms with Gasteiger partial charge in [0, 0.05) is 24.4 Å². The van der Waals surface area contributed by atoms with Crippen molar-refractivity contribution in [1.82, 2.24) is 19.8 Å². The van der Waals surface area contributed by atoms with Crippen molar-refractivity contribution >= 4 is 17.6 Å². The van der Waals surface area contributed by atoms with Crippen LogP contribution in [0.25, 0.3) is 0 Å². The Morgan fingerprint density at radius 2 is 1.62 bits per heavy atom. The zero-order chi connectivity index (χ0) is 29.6. The summed E-state index contributed by atoms with van der Waals surface area (Å²) in [6, 6.07) is 14.4. The van der Waals surface area contributed by atoms with E-state index < -0.39 is 5.41 Å². The highest BCUT2D eigenvalue weighted by atomic mass is 16.2. The molecule has 3 aliphatic rings. The van der Waals surface area contributed by atoms with Crippen LogP contribution in [-0.4, -0.2) is 37.4 Å². The maximum Gasteiger partial charge on any atom is 0.254 e. The van der Waals surface area contributed by atoms with Crippen LogP contribution in [0.2, 0.25) is 0 Å². The second-order valence-electron chi connectivity index (χ2n) is 13.4. The zero-order valence-corrected chi connectivity index (χ0v) is 25.2. The van der Waals surface area contributed by atoms with Gasteiger partial charge in [0.25, 0.3) is 5.91 Å². The molecule has 7 nitrogen and oxygen atoms in total. The Labute approximate surface area is 248 Å². The molecule has 42 heavy (non-hydrogen) atoms. The van der Waals surface area contributed by atoms with E-state index in [1.54, 1.807) is 22.2 Å². The highest BCUT2D eigenvalue weighted by Crippen LogP contribution is 2.49. The van der Waals surface area contributed by atoms with Crippen molar-refractivity contribution in [2.24, 2.45) is 5.92 Å². The number of hydrogen-bond acceptors (Lipinski definition) is 5. The Bertz CT molecular complexity index is 1510. The van der Waals surface area contributed by atoms with Gasteiger partial charge in [0.05, 0.1) is 36.4 Å². The number of amides is 2. The lowest BCUT2D eigenvalue weighted by molar-refractivity contribution is -0.133. The monoisotopic (exact) mass is 563 g/mol. The Hall–Kier alpha value is -3.87. The standard InChI is InChI=1S/C35H41N5O2/c1-23-10-13-26(14-11-23)35(25-8-6-5-7-9-25)19-31(36)40(33(35)42)20-24-12-15-28(34(2,3)4)27(18-24)32(41)39-21-29-30(22-39)38-17-16-37-29/h10-18,25,36H,5-9,19-22H2,1-4H3. The lowest BCUT2D eigenvalue weighted by Crippen LogP contribution is -2.44. The molecule has 1 unspecified atom stereocenters. The van der Waals surface area contributed by atoms with Gasteiger partial charge in [-0.15, -0.1) is 0 Å². The van der Waals surface area contributed by atoms with E-state index in [1.165, 1.54) is 12.0 Å². The predicted octanol–water partition coefficient (Wildman–Crippen LogP) is 6.47. The van der Waals surface area contributed by atoms with Crippen LogP contribution in [0.15, 0.2) is 54.9 Å². The second kappa shape index (κ2) is 10.8. The van der Waals surface area contributed by atoms with E-state index in [-0.39, 0.29) is 29.7 Å². The Morgan fingerprint density at radius 1 is 0.976 bits per heavy atom. The lowest BCUT2D eigenvalue weighted by Gasteiger charge is -2.38. The number of nitrogens with one attached hydrogen (secondary N) is 1. The number of amidine groups is 1. The maximum absolute atomic E-state index is 14.5. The zero-order valence-electron chi connectivity index (χ0n) is 25.2. The number of rotatable bonds is 5. The molecule has 3 aromatic rings. The van der Waals surface area contributed by atoms with Crippen LogP contribution < -0.4 is 0 Å². The van der Waals surface area contributed by atoms with E-state index in [2.05, 4.69) is 61.9 Å². The van der Waals surface area contributed by atoms with Crippen LogP contribution in [0.4, 0.5) is 0 Å². The lowest BCUT2D eigenvalue weighted by atomic mass is 9.64. The third kappa shape index (κ3) is 4.93. The molecule has 0 bridgehead atoms. The number of aryl methyl sites for hydroxylation is 1. The molecule has 1 atom stereocenters. The minimum absolute atomic E-state index is 0.0307. The molecule has 2 fully saturated rings. The van der Waals surface area contributed by atoms with Gasteiger partial charge in [-0.05, 0) is 53.9 Å². The highest BCUT2D eigenvalue weighted by molar-refractivity contribution is 6.10. The quantitative estimate of drug-likeness (QED) is 0.385. The summed E-state index contributed by atoms with van der Waals surface area (Å²) in [5.41, 5.74) is 5.40. The SMILES string of the molecule is Cc1ccc(C2(C3CCCCC3)CC(=N)N(Cc3ccc(C(C)(C)C)c(C(=O)N4Cc5nccnc5C4)c3)C2=O)cc1. The van der Waals surface area contributed by atoms with E-state index in [4.69, 9.17) is 5.41 Å². The first-order valence-electron chi connectivity index (χ1n) is 15.3. The van der Waals surface area contributed by atoms with Gasteiger partial charge in [0.1, 0.15) is 5.84 Å². The van der Waals surface area contributed by atoms with Crippen molar-refractivity contribution in [3.8, 4) is 0 Å². The summed E-state index contributed by atoms with van der Waals surface area (Å²) in [5.74, 6) is 0.570. The largest absolute Gasteiger partial charge is 0.327 e. The van der Waals surface area contributed by atoms with Gasteiger partial charge >= 0.3 is 0 Å². The number of benzene rings is 2. The van der Waals surface area contributed by atoms with E-state index in [9.17, 15) is 9.59 Å². The average molecular weight is 564 g/mol. The smallest absolute Gasteiger partial charge is 0.254 e. The topological polar surface area (TPSA) is 90.2 Å². The Kier molecular flexibility index (Phi) is 7.24. The number of fused-ring (bicyclic) bond motifs is 1. The van der Waals surface area contributed by atoms with Crippen LogP contribution in [0.1, 0.15) is 103 Å². The molecule has 0 radical (unpaired) electrons. The first-order valence-corrected chi connectivity index (χ1v) is 15.3. The van der Waals surface area contributed by atoms with Gasteiger partial charge in [-0.3, -0.25) is 29.9 Å². The predicted molar refractivity (Wildman–Crippen MR) is 163 cm³/mol. The molecular formula is C35H41N5O2. The molecule has 3 heterocycles. The van der Waals surface area contributed by atoms with Crippen molar-refractivity contribution in [3.05, 3.63) is 94.1 Å². The summed E-state index contributed by atoms with van der Waals surface area (Å²) in [7, 11) is 0. The van der Waals surface area contributed by atoms with Gasteiger partial charge in [-0.2, -0.15) is 0 Å². The fourth-order valence-electron chi connectivity index (χ4n) is 7.29. The summed E-state index contributed by atoms with van der Waals surface area (Å²) >= 11 is 0. The number of hydrogen-bond donors (Lipinski definition) is 1. The summed E-state index contributed by atoms with van der Waals surface area (Å²) in [4.78, 5) is 40.8. The molecular weight excluding hydrogens is 522 g/mol. The van der Waals surface area contributed by atoms with E-state index in [0.29, 0.717) is 30.9 Å². The third-order valence-corrected chi connectivity index (χ3v) is 9.56. The van der Waals surface area contributed by atoms with Crippen LogP contribution in [-0.2, 0) is 35.3 Å². The van der Waals surface area contributed by atoms with Crippen molar-refractivity contribution in [2.75, 3.05) is 0 Å². The van der Waals surface area contributed by atoms with Gasteiger partial charge < -0.3 is 4.90 Å². The van der Waals surface area contributed by atoms with E-state index >= 15 is 0 Å². The molecule has 1 saturated heterocycles. The second-order valence-corrected chi connectivity index (χ2v) is 13.4. The van der Waals surface area contributed by atoms with Crippen molar-refractivity contribution in [2.45, 2.75) is 96.7 Å². The van der Waals surface area contributed by atoms with Crippen molar-refractivity contribution in [3.63, 3.8) is 0 Å². The van der Waals surface area contributed by atoms with Crippen molar-refractivity contribution in [1.29, 1.82) is 5.41 Å². The molecule has 6 rings (SSSR count). The summed E-state index contributed by atoms with van der Waals surface area (Å²) in [6.07, 6.45) is 9.26. The van der Waals surface area contributed by atoms with Crippen LogP contribution in [0, 0.1) is 18.3 Å². The average Bonchev–Trinajstić information content (AvgIpc) is 3.52. The summed E-state index contributed by atoms with van der Waals surface area (Å²) in [6.45, 7) is 9.56. The molecule has 218 valence electrons. The number of carbonyl (C=O) groups is 2. The normalized spacial score (nSPS) is 21.2. The number of nitrogens with zero attached hydrogens (tertiary/aromatic N) is 4. The van der Waals surface area contributed by atoms with Crippen LogP contribution >= 0.6 is 0 Å². The van der Waals surface area contributed by atoms with Gasteiger partial charge in [0.2, 0.25) is 5.91 Å². The fraction of sp³-hybridized carbons (Fsp3) is 0.457. The maximum atomic E-state index is 14.5. The van der Waals surface area contributed by atoms with Crippen LogP contribution in [0.5, 0.6) is 0 Å². The van der Waals surface area contributed by atoms with E-state index in [1.807, 2.05) is 18.2 Å². The molecule has 1 aliphatic carbocycles. The third-order valence-electron chi connectivity index (χ3n) is 9.56. The minimum Gasteiger partial charge on any atom is -0.327 e. The molecule has 1 aromatic heterocycles. The van der Waals surface area contributed by atoms with Gasteiger partial charge in [-0.1, -0.05) is 82.0 Å². The molecule has 1 saturated carbocycles. The number of likely N-dealkylation sites (tertiary alicyclic amines) is 1. The van der Waals surface area contributed by atoms with Gasteiger partial charge in [-0.25, -0.2) is 0 Å². The molecule has 2 aliphatic heterocycles. The summed E-state index contributed by atoms with van der Waals surface area (Å²) < 4.78 is 0. The minimum atomic E-state index is -0.698. The Morgan fingerprint density at radius 3 is 2.24 bits per heavy atom. The molecule has 0 spiro atoms. The highest BCUT2D eigenvalue weighted by Gasteiger charge is 2.55. The molecule has 2 aromatic carbocycles. The Balaban J connectivity index is 1.33. The number of aromatic nitrogens is 2. The first-order chi connectivity index (χ1) is 20.1. The summed E-state index contributed by atoms with van der Waals surface area (Å²) in [5, 5.41) is 9.06. The number of carbonyl (C=O) groups excluding carboxylic acids is 2. The van der Waals surface area contributed by atoms with E-state index in [0.717, 1.165) is 53.8 Å². The fourth-order valence-corrected chi connectivity index (χ4v) is 7.29. The molecule has 7 heteroatoms. The molecule has 1 N–H and O–H groups in total. The first kappa shape index (κ1) is 28.3. The van der Waals surface area contributed by atoms with Crippen molar-refractivity contribution < 1.29 is 9.59 Å². The van der Waals surface area contributed by atoms with Gasteiger partial charge in [0.15, 0.2) is 0 Å². The van der Waals surface area contributed by atoms with Crippen LogP contribution in [0.3, 0.4) is 0 Å². The molecule has 2 amide bonds.